The van der Waals surface area contributed by atoms with Crippen LogP contribution in [-0.2, 0) is 0 Å². The van der Waals surface area contributed by atoms with Gasteiger partial charge in [-0.3, -0.25) is 10.1 Å². The molecule has 7 nitrogen and oxygen atoms in total. The van der Waals surface area contributed by atoms with E-state index in [-0.39, 0.29) is 23.0 Å². The van der Waals surface area contributed by atoms with Gasteiger partial charge in [0.05, 0.1) is 4.92 Å². The molecule has 1 aromatic heterocycles. The smallest absolute Gasteiger partial charge is 0.353 e. The van der Waals surface area contributed by atoms with Crippen molar-refractivity contribution >= 4 is 23.0 Å². The summed E-state index contributed by atoms with van der Waals surface area (Å²) in [5, 5.41) is 14.1. The lowest BCUT2D eigenvalue weighted by molar-refractivity contribution is -0.383. The summed E-state index contributed by atoms with van der Waals surface area (Å²) in [6.45, 7) is 2.61. The Balaban J connectivity index is 2.38. The molecule has 2 aromatic rings. The first-order chi connectivity index (χ1) is 11.4. The number of halogens is 2. The Morgan fingerprint density at radius 2 is 2.04 bits per heavy atom. The van der Waals surface area contributed by atoms with Crippen LogP contribution in [0.2, 0.25) is 0 Å². The molecule has 0 radical (unpaired) electrons. The SMILES string of the molecule is CCCCN(C)c1ncnc(Nc2ccc(F)c(F)c2)c1[N+](=O)[O-]. The minimum absolute atomic E-state index is 0.0839. The van der Waals surface area contributed by atoms with E-state index in [0.717, 1.165) is 25.0 Å². The third kappa shape index (κ3) is 3.92. The lowest BCUT2D eigenvalue weighted by Crippen LogP contribution is -2.21. The fraction of sp³-hybridized carbons (Fsp3) is 0.333. The first-order valence-corrected chi connectivity index (χ1v) is 7.36. The minimum atomic E-state index is -1.06. The zero-order chi connectivity index (χ0) is 17.7. The molecule has 0 aliphatic heterocycles. The van der Waals surface area contributed by atoms with Gasteiger partial charge >= 0.3 is 5.69 Å². The van der Waals surface area contributed by atoms with E-state index in [0.29, 0.717) is 6.54 Å². The van der Waals surface area contributed by atoms with Crippen LogP contribution < -0.4 is 10.2 Å². The molecule has 0 atom stereocenters. The van der Waals surface area contributed by atoms with E-state index in [4.69, 9.17) is 0 Å². The Bertz CT molecular complexity index is 742. The van der Waals surface area contributed by atoms with Crippen molar-refractivity contribution in [3.05, 3.63) is 46.3 Å². The molecule has 0 unspecified atom stereocenters. The third-order valence-corrected chi connectivity index (χ3v) is 3.38. The van der Waals surface area contributed by atoms with Gasteiger partial charge in [0.25, 0.3) is 0 Å². The number of unbranched alkanes of at least 4 members (excludes halogenated alkanes) is 1. The van der Waals surface area contributed by atoms with Crippen molar-refractivity contribution in [2.75, 3.05) is 23.8 Å². The summed E-state index contributed by atoms with van der Waals surface area (Å²) in [7, 11) is 1.70. The van der Waals surface area contributed by atoms with E-state index < -0.39 is 16.6 Å². The van der Waals surface area contributed by atoms with Gasteiger partial charge in [-0.25, -0.2) is 18.7 Å². The van der Waals surface area contributed by atoms with E-state index in [1.165, 1.54) is 12.4 Å². The van der Waals surface area contributed by atoms with Crippen LogP contribution in [-0.4, -0.2) is 28.5 Å². The molecule has 0 aliphatic rings. The maximum Gasteiger partial charge on any atom is 0.353 e. The maximum atomic E-state index is 13.3. The summed E-state index contributed by atoms with van der Waals surface area (Å²) in [5.41, 5.74) is -0.168. The number of nitro groups is 1. The number of anilines is 3. The van der Waals surface area contributed by atoms with E-state index >= 15 is 0 Å². The van der Waals surface area contributed by atoms with Gasteiger partial charge in [-0.15, -0.1) is 0 Å². The standard InChI is InChI=1S/C15H17F2N5O2/c1-3-4-7-21(2)15-13(22(23)24)14(18-9-19-15)20-10-5-6-11(16)12(17)8-10/h5-6,8-9H,3-4,7H2,1-2H3,(H,18,19,20). The van der Waals surface area contributed by atoms with Gasteiger partial charge < -0.3 is 10.2 Å². The molecule has 0 saturated heterocycles. The molecule has 0 amide bonds. The highest BCUT2D eigenvalue weighted by molar-refractivity contribution is 5.74. The highest BCUT2D eigenvalue weighted by Gasteiger charge is 2.25. The molecule has 0 saturated carbocycles. The normalized spacial score (nSPS) is 10.5. The number of hydrogen-bond acceptors (Lipinski definition) is 6. The van der Waals surface area contributed by atoms with Crippen LogP contribution in [0.25, 0.3) is 0 Å². The minimum Gasteiger partial charge on any atom is -0.354 e. The first kappa shape index (κ1) is 17.5. The molecule has 1 aromatic carbocycles. The monoisotopic (exact) mass is 337 g/mol. The Hall–Kier alpha value is -2.84. The summed E-state index contributed by atoms with van der Waals surface area (Å²) in [6, 6.07) is 3.10. The van der Waals surface area contributed by atoms with Crippen LogP contribution in [0.1, 0.15) is 19.8 Å². The van der Waals surface area contributed by atoms with Crippen LogP contribution in [0.4, 0.5) is 31.8 Å². The molecule has 1 heterocycles. The molecule has 9 heteroatoms. The average molecular weight is 337 g/mol. The van der Waals surface area contributed by atoms with Crippen molar-refractivity contribution in [3.8, 4) is 0 Å². The second-order valence-electron chi connectivity index (χ2n) is 5.18. The van der Waals surface area contributed by atoms with Crippen molar-refractivity contribution in [1.29, 1.82) is 0 Å². The highest BCUT2D eigenvalue weighted by Crippen LogP contribution is 2.33. The molecular formula is C15H17F2N5O2. The van der Waals surface area contributed by atoms with E-state index in [9.17, 15) is 18.9 Å². The van der Waals surface area contributed by atoms with Gasteiger partial charge in [-0.05, 0) is 18.6 Å². The van der Waals surface area contributed by atoms with Gasteiger partial charge in [0.15, 0.2) is 11.6 Å². The number of aromatic nitrogens is 2. The highest BCUT2D eigenvalue weighted by atomic mass is 19.2. The van der Waals surface area contributed by atoms with Crippen LogP contribution in [0, 0.1) is 21.7 Å². The second kappa shape index (κ2) is 7.62. The molecule has 128 valence electrons. The lowest BCUT2D eigenvalue weighted by atomic mass is 10.3. The summed E-state index contributed by atoms with van der Waals surface area (Å²) >= 11 is 0. The van der Waals surface area contributed by atoms with Crippen molar-refractivity contribution in [2.24, 2.45) is 0 Å². The van der Waals surface area contributed by atoms with E-state index in [2.05, 4.69) is 15.3 Å². The van der Waals surface area contributed by atoms with E-state index in [1.54, 1.807) is 11.9 Å². The molecular weight excluding hydrogens is 320 g/mol. The Morgan fingerprint density at radius 1 is 1.29 bits per heavy atom. The van der Waals surface area contributed by atoms with Gasteiger partial charge in [0.1, 0.15) is 6.33 Å². The zero-order valence-corrected chi connectivity index (χ0v) is 13.3. The van der Waals surface area contributed by atoms with Crippen LogP contribution in [0.15, 0.2) is 24.5 Å². The predicted molar refractivity (Wildman–Crippen MR) is 86.5 cm³/mol. The molecule has 2 rings (SSSR count). The Kier molecular flexibility index (Phi) is 5.56. The summed E-state index contributed by atoms with van der Waals surface area (Å²) in [5.74, 6) is -1.98. The largest absolute Gasteiger partial charge is 0.354 e. The zero-order valence-electron chi connectivity index (χ0n) is 13.3. The first-order valence-electron chi connectivity index (χ1n) is 7.36. The number of rotatable bonds is 7. The topological polar surface area (TPSA) is 84.2 Å². The van der Waals surface area contributed by atoms with Crippen LogP contribution >= 0.6 is 0 Å². The average Bonchev–Trinajstić information content (AvgIpc) is 2.55. The molecule has 1 N–H and O–H groups in total. The maximum absolute atomic E-state index is 13.3. The van der Waals surface area contributed by atoms with Gasteiger partial charge in [0, 0.05) is 25.3 Å². The Labute approximate surface area is 137 Å². The third-order valence-electron chi connectivity index (χ3n) is 3.38. The molecule has 24 heavy (non-hydrogen) atoms. The predicted octanol–water partition coefficient (Wildman–Crippen LogP) is 3.64. The van der Waals surface area contributed by atoms with Crippen molar-refractivity contribution < 1.29 is 13.7 Å². The number of nitrogens with zero attached hydrogens (tertiary/aromatic N) is 4. The van der Waals surface area contributed by atoms with Crippen molar-refractivity contribution in [2.45, 2.75) is 19.8 Å². The summed E-state index contributed by atoms with van der Waals surface area (Å²) in [6.07, 6.45) is 2.97. The second-order valence-corrected chi connectivity index (χ2v) is 5.18. The Morgan fingerprint density at radius 3 is 2.67 bits per heavy atom. The molecule has 0 bridgehead atoms. The lowest BCUT2D eigenvalue weighted by Gasteiger charge is -2.18. The van der Waals surface area contributed by atoms with Crippen molar-refractivity contribution in [3.63, 3.8) is 0 Å². The van der Waals surface area contributed by atoms with Crippen molar-refractivity contribution in [1.82, 2.24) is 9.97 Å². The number of benzene rings is 1. The molecule has 0 aliphatic carbocycles. The quantitative estimate of drug-likeness (QED) is 0.613. The number of hydrogen-bond donors (Lipinski definition) is 1. The van der Waals surface area contributed by atoms with Crippen LogP contribution in [0.3, 0.4) is 0 Å². The fourth-order valence-electron chi connectivity index (χ4n) is 2.12. The van der Waals surface area contributed by atoms with Gasteiger partial charge in [-0.2, -0.15) is 0 Å². The molecule has 0 fully saturated rings. The van der Waals surface area contributed by atoms with Crippen LogP contribution in [0.5, 0.6) is 0 Å². The number of nitrogens with one attached hydrogen (secondary N) is 1. The summed E-state index contributed by atoms with van der Waals surface area (Å²) in [4.78, 5) is 20.4. The summed E-state index contributed by atoms with van der Waals surface area (Å²) < 4.78 is 26.3. The fourth-order valence-corrected chi connectivity index (χ4v) is 2.12. The van der Waals surface area contributed by atoms with E-state index in [1.807, 2.05) is 6.92 Å². The van der Waals surface area contributed by atoms with Gasteiger partial charge in [0.2, 0.25) is 11.6 Å². The van der Waals surface area contributed by atoms with Gasteiger partial charge in [-0.1, -0.05) is 13.3 Å². The molecule has 0 spiro atoms.